The van der Waals surface area contributed by atoms with Crippen LogP contribution in [0.15, 0.2) is 22.9 Å². The number of rotatable bonds is 3. The number of nitrogens with zero attached hydrogens (tertiary/aromatic N) is 2. The molecule has 5 heteroatoms. The van der Waals surface area contributed by atoms with Crippen molar-refractivity contribution in [3.63, 3.8) is 0 Å². The molecule has 2 aromatic heterocycles. The van der Waals surface area contributed by atoms with Crippen LogP contribution in [0, 0.1) is 5.82 Å². The zero-order valence-electron chi connectivity index (χ0n) is 8.70. The molecule has 0 atom stereocenters. The third-order valence-electron chi connectivity index (χ3n) is 2.38. The van der Waals surface area contributed by atoms with Crippen LogP contribution in [0.2, 0.25) is 0 Å². The summed E-state index contributed by atoms with van der Waals surface area (Å²) >= 11 is 3.28. The summed E-state index contributed by atoms with van der Waals surface area (Å²) in [5.74, 6) is -0.330. The second-order valence-electron chi connectivity index (χ2n) is 3.52. The van der Waals surface area contributed by atoms with Gasteiger partial charge in [0.25, 0.3) is 0 Å². The third kappa shape index (κ3) is 2.00. The molecule has 84 valence electrons. The molecule has 2 rings (SSSR count). The molecular weight excluding hydrogens is 275 g/mol. The number of Topliss-reactive ketones (excluding diaryl/α,β-unsaturated/α-hetero) is 1. The van der Waals surface area contributed by atoms with E-state index in [4.69, 9.17) is 0 Å². The normalized spacial score (nSPS) is 10.9. The third-order valence-corrected chi connectivity index (χ3v) is 2.81. The van der Waals surface area contributed by atoms with Crippen LogP contribution in [-0.2, 0) is 11.3 Å². The van der Waals surface area contributed by atoms with Gasteiger partial charge < -0.3 is 4.57 Å². The van der Waals surface area contributed by atoms with Gasteiger partial charge in [-0.3, -0.25) is 9.78 Å². The van der Waals surface area contributed by atoms with Crippen LogP contribution in [0.25, 0.3) is 11.0 Å². The zero-order valence-corrected chi connectivity index (χ0v) is 10.3. The molecule has 0 bridgehead atoms. The first-order chi connectivity index (χ1) is 7.61. The summed E-state index contributed by atoms with van der Waals surface area (Å²) in [7, 11) is 0. The van der Waals surface area contributed by atoms with E-state index < -0.39 is 5.82 Å². The van der Waals surface area contributed by atoms with Crippen LogP contribution in [0.1, 0.15) is 13.3 Å². The maximum Gasteiger partial charge on any atom is 0.167 e. The Hall–Kier alpha value is -1.23. The van der Waals surface area contributed by atoms with Gasteiger partial charge in [0.1, 0.15) is 5.52 Å². The lowest BCUT2D eigenvalue weighted by molar-refractivity contribution is -0.119. The van der Waals surface area contributed by atoms with Crippen molar-refractivity contribution in [2.24, 2.45) is 0 Å². The molecule has 16 heavy (non-hydrogen) atoms. The fourth-order valence-corrected chi connectivity index (χ4v) is 1.85. The molecule has 3 nitrogen and oxygen atoms in total. The number of pyridine rings is 1. The Labute approximate surface area is 100 Å². The molecular formula is C11H10BrFN2O. The van der Waals surface area contributed by atoms with Gasteiger partial charge in [-0.25, -0.2) is 4.39 Å². The van der Waals surface area contributed by atoms with Gasteiger partial charge in [0.15, 0.2) is 11.6 Å². The van der Waals surface area contributed by atoms with Crippen LogP contribution in [0.3, 0.4) is 0 Å². The number of fused-ring (bicyclic) bond motifs is 1. The van der Waals surface area contributed by atoms with E-state index in [1.165, 1.54) is 12.4 Å². The SMILES string of the molecule is CCC(=O)Cn1cc(F)c2ncc(Br)cc21. The fourth-order valence-electron chi connectivity index (χ4n) is 1.53. The molecule has 2 heterocycles. The van der Waals surface area contributed by atoms with Gasteiger partial charge in [-0.2, -0.15) is 0 Å². The van der Waals surface area contributed by atoms with Crippen molar-refractivity contribution < 1.29 is 9.18 Å². The lowest BCUT2D eigenvalue weighted by atomic mass is 10.3. The standard InChI is InChI=1S/C11H10BrFN2O/c1-2-8(16)5-15-6-9(13)11-10(15)3-7(12)4-14-11/h3-4,6H,2,5H2,1H3. The highest BCUT2D eigenvalue weighted by Gasteiger charge is 2.11. The van der Waals surface area contributed by atoms with E-state index >= 15 is 0 Å². The second kappa shape index (κ2) is 4.33. The summed E-state index contributed by atoms with van der Waals surface area (Å²) < 4.78 is 15.8. The average Bonchev–Trinajstić information content (AvgIpc) is 2.55. The van der Waals surface area contributed by atoms with E-state index in [9.17, 15) is 9.18 Å². The van der Waals surface area contributed by atoms with Crippen molar-refractivity contribution in [1.29, 1.82) is 0 Å². The Morgan fingerprint density at radius 2 is 2.38 bits per heavy atom. The number of carbonyl (C=O) groups is 1. The minimum absolute atomic E-state index is 0.0666. The Kier molecular flexibility index (Phi) is 3.05. The minimum Gasteiger partial charge on any atom is -0.336 e. The highest BCUT2D eigenvalue weighted by atomic mass is 79.9. The highest BCUT2D eigenvalue weighted by molar-refractivity contribution is 9.10. The van der Waals surface area contributed by atoms with Crippen LogP contribution in [0.4, 0.5) is 4.39 Å². The number of halogens is 2. The fraction of sp³-hybridized carbons (Fsp3) is 0.273. The monoisotopic (exact) mass is 284 g/mol. The summed E-state index contributed by atoms with van der Waals surface area (Å²) in [5, 5.41) is 0. The number of hydrogen-bond acceptors (Lipinski definition) is 2. The Morgan fingerprint density at radius 1 is 1.62 bits per heavy atom. The van der Waals surface area contributed by atoms with Gasteiger partial charge in [0, 0.05) is 23.3 Å². The molecule has 2 aromatic rings. The lowest BCUT2D eigenvalue weighted by Crippen LogP contribution is -2.07. The van der Waals surface area contributed by atoms with E-state index in [1.807, 2.05) is 0 Å². The zero-order chi connectivity index (χ0) is 11.7. The lowest BCUT2D eigenvalue weighted by Gasteiger charge is -2.02. The largest absolute Gasteiger partial charge is 0.336 e. The summed E-state index contributed by atoms with van der Waals surface area (Å²) in [4.78, 5) is 15.3. The molecule has 0 saturated heterocycles. The Bertz CT molecular complexity index is 550. The first-order valence-electron chi connectivity index (χ1n) is 4.93. The maximum atomic E-state index is 13.5. The molecule has 0 saturated carbocycles. The minimum atomic E-state index is -0.397. The van der Waals surface area contributed by atoms with E-state index in [0.717, 1.165) is 4.47 Å². The molecule has 0 radical (unpaired) electrons. The average molecular weight is 285 g/mol. The van der Waals surface area contributed by atoms with Gasteiger partial charge in [-0.05, 0) is 22.0 Å². The van der Waals surface area contributed by atoms with E-state index in [1.54, 1.807) is 17.6 Å². The summed E-state index contributed by atoms with van der Waals surface area (Å²) in [6.45, 7) is 1.98. The van der Waals surface area contributed by atoms with Crippen LogP contribution in [-0.4, -0.2) is 15.3 Å². The molecule has 0 N–H and O–H groups in total. The Morgan fingerprint density at radius 3 is 3.06 bits per heavy atom. The van der Waals surface area contributed by atoms with Crippen molar-refractivity contribution in [2.45, 2.75) is 19.9 Å². The van der Waals surface area contributed by atoms with Crippen molar-refractivity contribution >= 4 is 32.7 Å². The van der Waals surface area contributed by atoms with Crippen LogP contribution < -0.4 is 0 Å². The van der Waals surface area contributed by atoms with Gasteiger partial charge in [-0.15, -0.1) is 0 Å². The quantitative estimate of drug-likeness (QED) is 0.869. The molecule has 0 aliphatic heterocycles. The van der Waals surface area contributed by atoms with Gasteiger partial charge in [-0.1, -0.05) is 6.92 Å². The smallest absolute Gasteiger partial charge is 0.167 e. The molecule has 0 aromatic carbocycles. The van der Waals surface area contributed by atoms with E-state index in [-0.39, 0.29) is 12.3 Å². The molecule has 0 fully saturated rings. The Balaban J connectivity index is 2.52. The first-order valence-corrected chi connectivity index (χ1v) is 5.72. The number of aromatic nitrogens is 2. The summed E-state index contributed by atoms with van der Waals surface area (Å²) in [6, 6.07) is 1.76. The molecule has 0 unspecified atom stereocenters. The second-order valence-corrected chi connectivity index (χ2v) is 4.43. The van der Waals surface area contributed by atoms with Crippen molar-refractivity contribution in [3.8, 4) is 0 Å². The number of hydrogen-bond donors (Lipinski definition) is 0. The number of ketones is 1. The topological polar surface area (TPSA) is 34.9 Å². The first kappa shape index (κ1) is 11.3. The van der Waals surface area contributed by atoms with Crippen molar-refractivity contribution in [3.05, 3.63) is 28.7 Å². The van der Waals surface area contributed by atoms with Crippen LogP contribution in [0.5, 0.6) is 0 Å². The predicted molar refractivity (Wildman–Crippen MR) is 62.7 cm³/mol. The maximum absolute atomic E-state index is 13.5. The number of carbonyl (C=O) groups excluding carboxylic acids is 1. The summed E-state index contributed by atoms with van der Waals surface area (Å²) in [6.07, 6.45) is 3.30. The molecule has 0 aliphatic rings. The van der Waals surface area contributed by atoms with Gasteiger partial charge in [0.2, 0.25) is 0 Å². The van der Waals surface area contributed by atoms with Crippen molar-refractivity contribution in [1.82, 2.24) is 9.55 Å². The van der Waals surface area contributed by atoms with E-state index in [0.29, 0.717) is 17.5 Å². The van der Waals surface area contributed by atoms with Gasteiger partial charge >= 0.3 is 0 Å². The van der Waals surface area contributed by atoms with Gasteiger partial charge in [0.05, 0.1) is 12.1 Å². The molecule has 0 spiro atoms. The summed E-state index contributed by atoms with van der Waals surface area (Å²) in [5.41, 5.74) is 0.931. The van der Waals surface area contributed by atoms with Crippen molar-refractivity contribution in [2.75, 3.05) is 0 Å². The predicted octanol–water partition coefficient (Wildman–Crippen LogP) is 2.92. The highest BCUT2D eigenvalue weighted by Crippen LogP contribution is 2.21. The van der Waals surface area contributed by atoms with Crippen LogP contribution >= 0.6 is 15.9 Å². The molecule has 0 amide bonds. The molecule has 0 aliphatic carbocycles. The van der Waals surface area contributed by atoms with E-state index in [2.05, 4.69) is 20.9 Å².